The fourth-order valence-corrected chi connectivity index (χ4v) is 6.28. The van der Waals surface area contributed by atoms with Crippen molar-refractivity contribution in [3.8, 4) is 10.4 Å². The normalized spacial score (nSPS) is 26.2. The Kier molecular flexibility index (Phi) is 6.78. The number of carbonyl (C=O) groups is 2. The monoisotopic (exact) mass is 499 g/mol. The highest BCUT2D eigenvalue weighted by Gasteiger charge is 2.44. The van der Waals surface area contributed by atoms with E-state index >= 15 is 0 Å². The summed E-state index contributed by atoms with van der Waals surface area (Å²) >= 11 is 1.20. The summed E-state index contributed by atoms with van der Waals surface area (Å²) in [5, 5.41) is 16.4. The van der Waals surface area contributed by atoms with E-state index in [9.17, 15) is 14.7 Å². The molecule has 9 nitrogen and oxygen atoms in total. The first-order valence-corrected chi connectivity index (χ1v) is 13.3. The summed E-state index contributed by atoms with van der Waals surface area (Å²) in [7, 11) is 0. The topological polar surface area (TPSA) is 117 Å². The minimum absolute atomic E-state index is 0.106. The number of aryl methyl sites for hydroxylation is 1. The second-order valence-corrected chi connectivity index (χ2v) is 10.9. The molecule has 35 heavy (non-hydrogen) atoms. The van der Waals surface area contributed by atoms with Gasteiger partial charge >= 0.3 is 0 Å². The van der Waals surface area contributed by atoms with Gasteiger partial charge in [-0.25, -0.2) is 9.97 Å². The van der Waals surface area contributed by atoms with Gasteiger partial charge in [0.2, 0.25) is 0 Å². The molecule has 2 aromatic rings. The average molecular weight is 500 g/mol. The first-order chi connectivity index (χ1) is 16.9. The van der Waals surface area contributed by atoms with Crippen LogP contribution in [0.4, 0.5) is 5.82 Å². The van der Waals surface area contributed by atoms with Crippen LogP contribution in [0.2, 0.25) is 0 Å². The zero-order valence-electron chi connectivity index (χ0n) is 20.4. The van der Waals surface area contributed by atoms with Crippen LogP contribution in [0.5, 0.6) is 0 Å². The first-order valence-electron chi connectivity index (χ1n) is 12.5. The number of carbonyl (C=O) groups excluding carboxylic acids is 2. The van der Waals surface area contributed by atoms with Gasteiger partial charge in [0.15, 0.2) is 5.01 Å². The van der Waals surface area contributed by atoms with Gasteiger partial charge in [0.05, 0.1) is 30.2 Å². The summed E-state index contributed by atoms with van der Waals surface area (Å²) in [6.07, 6.45) is 6.10. The Bertz CT molecular complexity index is 1100. The van der Waals surface area contributed by atoms with Crippen molar-refractivity contribution in [3.63, 3.8) is 0 Å². The van der Waals surface area contributed by atoms with Crippen LogP contribution in [0.3, 0.4) is 0 Å². The number of aliphatic hydroxyl groups is 1. The minimum Gasteiger partial charge on any atom is -0.388 e. The maximum absolute atomic E-state index is 13.7. The molecule has 3 atom stereocenters. The molecule has 0 spiro atoms. The highest BCUT2D eigenvalue weighted by Crippen LogP contribution is 2.41. The molecule has 0 unspecified atom stereocenters. The average Bonchev–Trinajstić information content (AvgIpc) is 3.63. The molecule has 0 aliphatic carbocycles. The number of aliphatic hydroxyl groups excluding tert-OH is 1. The molecule has 3 fully saturated rings. The van der Waals surface area contributed by atoms with Gasteiger partial charge in [-0.1, -0.05) is 6.92 Å². The number of hydrogen-bond acceptors (Lipinski definition) is 8. The Labute approximate surface area is 209 Å². The van der Waals surface area contributed by atoms with E-state index in [0.29, 0.717) is 16.6 Å². The molecule has 10 heteroatoms. The largest absolute Gasteiger partial charge is 0.388 e. The van der Waals surface area contributed by atoms with Gasteiger partial charge < -0.3 is 25.4 Å². The predicted molar refractivity (Wildman–Crippen MR) is 134 cm³/mol. The number of hydrogen-bond donors (Lipinski definition) is 3. The third kappa shape index (κ3) is 4.66. The van der Waals surface area contributed by atoms with Crippen molar-refractivity contribution < 1.29 is 19.4 Å². The van der Waals surface area contributed by atoms with Crippen molar-refractivity contribution in [1.82, 2.24) is 20.2 Å². The lowest BCUT2D eigenvalue weighted by atomic mass is 10.0. The van der Waals surface area contributed by atoms with Crippen molar-refractivity contribution in [2.45, 2.75) is 83.1 Å². The van der Waals surface area contributed by atoms with Gasteiger partial charge in [-0.3, -0.25) is 9.59 Å². The van der Waals surface area contributed by atoms with Gasteiger partial charge in [0.1, 0.15) is 11.5 Å². The standard InChI is InChI=1S/C25H33N5O4S/c1-4-14(3)27-20-9-13(2)17(10-26-20)22-21(25(33)30-15-5-6-16(30)8-7-15)29-24(35-22)23(32)28-18-11-34-12-19(18)31/h9-10,14-16,18-19,31H,4-8,11-12H2,1-3H3,(H,26,27)(H,28,32)/t14-,15?,16?,18-,19-/m1/s1. The molecule has 0 radical (unpaired) electrons. The Morgan fingerprint density at radius 2 is 1.97 bits per heavy atom. The van der Waals surface area contributed by atoms with Crippen molar-refractivity contribution in [2.75, 3.05) is 18.5 Å². The predicted octanol–water partition coefficient (Wildman–Crippen LogP) is 2.98. The van der Waals surface area contributed by atoms with Crippen LogP contribution < -0.4 is 10.6 Å². The van der Waals surface area contributed by atoms with Gasteiger partial charge in [-0.05, 0) is 57.6 Å². The Hall–Kier alpha value is -2.56. The van der Waals surface area contributed by atoms with E-state index in [1.165, 1.54) is 11.3 Å². The zero-order valence-corrected chi connectivity index (χ0v) is 21.2. The molecule has 3 aliphatic rings. The van der Waals surface area contributed by atoms with Crippen LogP contribution in [-0.2, 0) is 4.74 Å². The molecular formula is C25H33N5O4S. The molecule has 2 bridgehead atoms. The van der Waals surface area contributed by atoms with Gasteiger partial charge in [0.25, 0.3) is 11.8 Å². The molecule has 5 heterocycles. The summed E-state index contributed by atoms with van der Waals surface area (Å²) in [6.45, 7) is 6.65. The van der Waals surface area contributed by atoms with E-state index < -0.39 is 18.1 Å². The van der Waals surface area contributed by atoms with Crippen LogP contribution >= 0.6 is 11.3 Å². The molecule has 3 saturated heterocycles. The number of thiazole rings is 1. The number of aromatic nitrogens is 2. The number of pyridine rings is 1. The molecule has 2 aromatic heterocycles. The zero-order chi connectivity index (χ0) is 24.7. The van der Waals surface area contributed by atoms with Crippen molar-refractivity contribution >= 4 is 29.0 Å². The smallest absolute Gasteiger partial charge is 0.280 e. The number of anilines is 1. The lowest BCUT2D eigenvalue weighted by Crippen LogP contribution is -2.42. The highest BCUT2D eigenvalue weighted by atomic mass is 32.1. The van der Waals surface area contributed by atoms with Crippen LogP contribution in [0.1, 0.15) is 71.8 Å². The Morgan fingerprint density at radius 1 is 1.26 bits per heavy atom. The minimum atomic E-state index is -0.753. The van der Waals surface area contributed by atoms with Crippen molar-refractivity contribution in [3.05, 3.63) is 28.5 Å². The molecule has 0 aromatic carbocycles. The fraction of sp³-hybridized carbons (Fsp3) is 0.600. The molecule has 0 saturated carbocycles. The van der Waals surface area contributed by atoms with Crippen molar-refractivity contribution in [2.24, 2.45) is 0 Å². The van der Waals surface area contributed by atoms with Crippen LogP contribution in [-0.4, -0.2) is 75.3 Å². The number of nitrogens with one attached hydrogen (secondary N) is 2. The van der Waals surface area contributed by atoms with E-state index in [1.807, 2.05) is 17.9 Å². The number of nitrogens with zero attached hydrogens (tertiary/aromatic N) is 3. The quantitative estimate of drug-likeness (QED) is 0.536. The second-order valence-electron chi connectivity index (χ2n) is 9.89. The van der Waals surface area contributed by atoms with Crippen LogP contribution in [0, 0.1) is 6.92 Å². The van der Waals surface area contributed by atoms with Gasteiger partial charge in [-0.15, -0.1) is 11.3 Å². The number of fused-ring (bicyclic) bond motifs is 2. The lowest BCUT2D eigenvalue weighted by molar-refractivity contribution is 0.0725. The van der Waals surface area contributed by atoms with Gasteiger partial charge in [0, 0.05) is 29.9 Å². The summed E-state index contributed by atoms with van der Waals surface area (Å²) < 4.78 is 5.25. The van der Waals surface area contributed by atoms with E-state index in [1.54, 1.807) is 6.20 Å². The Morgan fingerprint density at radius 3 is 2.57 bits per heavy atom. The summed E-state index contributed by atoms with van der Waals surface area (Å²) in [5.74, 6) is 0.268. The first kappa shape index (κ1) is 24.1. The lowest BCUT2D eigenvalue weighted by Gasteiger charge is -2.21. The molecule has 3 N–H and O–H groups in total. The highest BCUT2D eigenvalue weighted by molar-refractivity contribution is 7.17. The van der Waals surface area contributed by atoms with Crippen LogP contribution in [0.15, 0.2) is 12.3 Å². The van der Waals surface area contributed by atoms with Crippen molar-refractivity contribution in [1.29, 1.82) is 0 Å². The number of rotatable bonds is 7. The van der Waals surface area contributed by atoms with Crippen LogP contribution in [0.25, 0.3) is 10.4 Å². The fourth-order valence-electron chi connectivity index (χ4n) is 5.25. The molecule has 3 aliphatic heterocycles. The second kappa shape index (κ2) is 9.83. The maximum Gasteiger partial charge on any atom is 0.280 e. The maximum atomic E-state index is 13.7. The molecule has 5 rings (SSSR count). The third-order valence-corrected chi connectivity index (χ3v) is 8.53. The summed E-state index contributed by atoms with van der Waals surface area (Å²) in [4.78, 5) is 38.6. The Balaban J connectivity index is 1.49. The molecule has 188 valence electrons. The van der Waals surface area contributed by atoms with E-state index in [-0.39, 0.29) is 36.2 Å². The number of ether oxygens (including phenoxy) is 1. The SMILES string of the molecule is CC[C@@H](C)Nc1cc(C)c(-c2sc(C(=O)N[C@@H]3COC[C@H]3O)nc2C(=O)N2C3CCC2CC3)cn1. The third-order valence-electron chi connectivity index (χ3n) is 7.44. The summed E-state index contributed by atoms with van der Waals surface area (Å²) in [5.41, 5.74) is 2.07. The van der Waals surface area contributed by atoms with E-state index in [0.717, 1.165) is 49.0 Å². The van der Waals surface area contributed by atoms with E-state index in [4.69, 9.17) is 4.74 Å². The van der Waals surface area contributed by atoms with Gasteiger partial charge in [-0.2, -0.15) is 0 Å². The molecule has 2 amide bonds. The summed E-state index contributed by atoms with van der Waals surface area (Å²) in [6, 6.07) is 2.29. The van der Waals surface area contributed by atoms with E-state index in [2.05, 4.69) is 34.4 Å². The molecular weight excluding hydrogens is 466 g/mol. The number of amides is 2.